The molecule has 0 spiro atoms. The molecule has 0 bridgehead atoms. The van der Waals surface area contributed by atoms with Gasteiger partial charge in [-0.15, -0.1) is 0 Å². The number of allylic oxidation sites excluding steroid dienone is 1. The van der Waals surface area contributed by atoms with E-state index in [1.165, 1.54) is 0 Å². The van der Waals surface area contributed by atoms with Gasteiger partial charge in [0.05, 0.1) is 18.0 Å². The van der Waals surface area contributed by atoms with Gasteiger partial charge in [0.2, 0.25) is 11.8 Å². The molecule has 0 aromatic heterocycles. The second-order valence-electron chi connectivity index (χ2n) is 7.27. The van der Waals surface area contributed by atoms with E-state index in [9.17, 15) is 19.5 Å². The Kier molecular flexibility index (Phi) is 8.78. The summed E-state index contributed by atoms with van der Waals surface area (Å²) in [6, 6.07) is -1.99. The van der Waals surface area contributed by atoms with Crippen molar-refractivity contribution in [3.05, 3.63) is 12.2 Å². The van der Waals surface area contributed by atoms with Gasteiger partial charge >= 0.3 is 5.97 Å². The number of hydrogen-bond donors (Lipinski definition) is 4. The van der Waals surface area contributed by atoms with Crippen LogP contribution in [0.25, 0.3) is 0 Å². The van der Waals surface area contributed by atoms with Crippen LogP contribution in [-0.4, -0.2) is 41.0 Å². The number of hydrogen-bond acceptors (Lipinski definition) is 4. The van der Waals surface area contributed by atoms with Crippen molar-refractivity contribution in [2.24, 2.45) is 23.5 Å². The van der Waals surface area contributed by atoms with Crippen molar-refractivity contribution in [2.45, 2.75) is 71.5 Å². The molecule has 1 rings (SSSR count). The zero-order chi connectivity index (χ0) is 19.9. The molecule has 0 fully saturated rings. The quantitative estimate of drug-likeness (QED) is 0.459. The van der Waals surface area contributed by atoms with Crippen LogP contribution < -0.4 is 16.4 Å². The van der Waals surface area contributed by atoms with Gasteiger partial charge in [0, 0.05) is 0 Å². The van der Waals surface area contributed by atoms with Gasteiger partial charge in [0.15, 0.2) is 0 Å². The van der Waals surface area contributed by atoms with Crippen LogP contribution in [0.2, 0.25) is 0 Å². The van der Waals surface area contributed by atoms with Gasteiger partial charge in [0.25, 0.3) is 0 Å². The molecular weight excluding hydrogens is 334 g/mol. The summed E-state index contributed by atoms with van der Waals surface area (Å²) in [6.07, 6.45) is 6.22. The van der Waals surface area contributed by atoms with Gasteiger partial charge in [-0.3, -0.25) is 14.4 Å². The predicted molar refractivity (Wildman–Crippen MR) is 100 cm³/mol. The third-order valence-electron chi connectivity index (χ3n) is 5.40. The lowest BCUT2D eigenvalue weighted by atomic mass is 9.88. The molecule has 1 aliphatic rings. The number of nitrogens with two attached hydrogens (primary N) is 1. The second kappa shape index (κ2) is 10.3. The molecule has 6 atom stereocenters. The zero-order valence-electron chi connectivity index (χ0n) is 16.2. The number of rotatable bonds is 9. The van der Waals surface area contributed by atoms with Crippen LogP contribution in [-0.2, 0) is 14.4 Å². The topological polar surface area (TPSA) is 122 Å². The second-order valence-corrected chi connectivity index (χ2v) is 7.27. The third kappa shape index (κ3) is 5.83. The number of carbonyl (C=O) groups is 3. The Morgan fingerprint density at radius 2 is 1.77 bits per heavy atom. The van der Waals surface area contributed by atoms with Gasteiger partial charge in [-0.2, -0.15) is 0 Å². The first-order chi connectivity index (χ1) is 12.2. The van der Waals surface area contributed by atoms with Crippen molar-refractivity contribution in [1.29, 1.82) is 0 Å². The normalized spacial score (nSPS) is 24.2. The van der Waals surface area contributed by atoms with E-state index in [1.54, 1.807) is 6.08 Å². The van der Waals surface area contributed by atoms with Gasteiger partial charge in [0.1, 0.15) is 6.04 Å². The Balaban J connectivity index is 2.86. The Hall–Kier alpha value is -1.89. The predicted octanol–water partition coefficient (Wildman–Crippen LogP) is 1.43. The summed E-state index contributed by atoms with van der Waals surface area (Å²) in [4.78, 5) is 36.6. The first-order valence-corrected chi connectivity index (χ1v) is 9.48. The van der Waals surface area contributed by atoms with Crippen molar-refractivity contribution < 1.29 is 19.5 Å². The van der Waals surface area contributed by atoms with Crippen LogP contribution >= 0.6 is 0 Å². The van der Waals surface area contributed by atoms with Gasteiger partial charge in [-0.1, -0.05) is 52.7 Å². The molecule has 0 heterocycles. The lowest BCUT2D eigenvalue weighted by Crippen LogP contribution is -2.57. The minimum absolute atomic E-state index is 0.00770. The number of carboxylic acids is 1. The lowest BCUT2D eigenvalue weighted by Gasteiger charge is -2.30. The number of aliphatic carboxylic acids is 1. The van der Waals surface area contributed by atoms with E-state index in [0.717, 1.165) is 6.42 Å². The van der Waals surface area contributed by atoms with E-state index >= 15 is 0 Å². The van der Waals surface area contributed by atoms with Crippen LogP contribution in [0.1, 0.15) is 53.4 Å². The Labute approximate surface area is 155 Å². The lowest BCUT2D eigenvalue weighted by molar-refractivity contribution is -0.143. The summed E-state index contributed by atoms with van der Waals surface area (Å²) in [7, 11) is 0. The molecule has 0 radical (unpaired) electrons. The maximum Gasteiger partial charge on any atom is 0.308 e. The van der Waals surface area contributed by atoms with E-state index in [-0.39, 0.29) is 23.7 Å². The summed E-state index contributed by atoms with van der Waals surface area (Å²) in [5, 5.41) is 14.9. The summed E-state index contributed by atoms with van der Waals surface area (Å²) in [5.41, 5.74) is 5.97. The van der Waals surface area contributed by atoms with E-state index in [4.69, 9.17) is 5.73 Å². The number of nitrogens with one attached hydrogen (secondary N) is 2. The fourth-order valence-electron chi connectivity index (χ4n) is 2.98. The molecule has 7 nitrogen and oxygen atoms in total. The smallest absolute Gasteiger partial charge is 0.308 e. The van der Waals surface area contributed by atoms with Crippen LogP contribution in [0.15, 0.2) is 12.2 Å². The van der Waals surface area contributed by atoms with Crippen molar-refractivity contribution in [2.75, 3.05) is 0 Å². The molecule has 0 aromatic rings. The average Bonchev–Trinajstić information content (AvgIpc) is 2.63. The van der Waals surface area contributed by atoms with Gasteiger partial charge in [-0.25, -0.2) is 0 Å². The molecule has 0 aromatic carbocycles. The van der Waals surface area contributed by atoms with Crippen molar-refractivity contribution in [3.8, 4) is 0 Å². The van der Waals surface area contributed by atoms with Crippen molar-refractivity contribution in [1.82, 2.24) is 10.6 Å². The first-order valence-electron chi connectivity index (χ1n) is 9.48. The maximum absolute atomic E-state index is 12.8. The summed E-state index contributed by atoms with van der Waals surface area (Å²) >= 11 is 0. The Bertz CT molecular complexity index is 535. The Morgan fingerprint density at radius 3 is 2.31 bits per heavy atom. The molecule has 2 amide bonds. The molecule has 7 heteroatoms. The maximum atomic E-state index is 12.8. The van der Waals surface area contributed by atoms with Gasteiger partial charge < -0.3 is 21.5 Å². The first kappa shape index (κ1) is 22.2. The molecule has 2 unspecified atom stereocenters. The summed E-state index contributed by atoms with van der Waals surface area (Å²) in [6.45, 7) is 7.67. The highest BCUT2D eigenvalue weighted by Crippen LogP contribution is 2.20. The highest BCUT2D eigenvalue weighted by Gasteiger charge is 2.34. The van der Waals surface area contributed by atoms with Crippen molar-refractivity contribution >= 4 is 17.8 Å². The minimum Gasteiger partial charge on any atom is -0.481 e. The van der Waals surface area contributed by atoms with Crippen molar-refractivity contribution in [3.63, 3.8) is 0 Å². The summed E-state index contributed by atoms with van der Waals surface area (Å²) in [5.74, 6) is -2.39. The molecule has 5 N–H and O–H groups in total. The third-order valence-corrected chi connectivity index (χ3v) is 5.40. The fourth-order valence-corrected chi connectivity index (χ4v) is 2.98. The molecule has 0 saturated carbocycles. The molecule has 0 aliphatic heterocycles. The van der Waals surface area contributed by atoms with Gasteiger partial charge in [-0.05, 0) is 24.7 Å². The zero-order valence-corrected chi connectivity index (χ0v) is 16.2. The molecule has 26 heavy (non-hydrogen) atoms. The number of amides is 2. The fraction of sp³-hybridized carbons (Fsp3) is 0.737. The van der Waals surface area contributed by atoms with Crippen LogP contribution in [0, 0.1) is 17.8 Å². The molecular formula is C19H33N3O4. The molecule has 1 aliphatic carbocycles. The summed E-state index contributed by atoms with van der Waals surface area (Å²) < 4.78 is 0. The monoisotopic (exact) mass is 367 g/mol. The molecule has 0 saturated heterocycles. The SMILES string of the molecule is CC[C@H](C)[C@H](N)C(=O)N[C@H](C(=O)NC1C=CCCC1C(=O)O)[C@@H](C)CC. The largest absolute Gasteiger partial charge is 0.481 e. The van der Waals surface area contributed by atoms with Crippen LogP contribution in [0.3, 0.4) is 0 Å². The van der Waals surface area contributed by atoms with E-state index in [0.29, 0.717) is 19.3 Å². The highest BCUT2D eigenvalue weighted by atomic mass is 16.4. The number of carbonyl (C=O) groups excluding carboxylic acids is 2. The minimum atomic E-state index is -0.928. The van der Waals surface area contributed by atoms with E-state index < -0.39 is 30.0 Å². The van der Waals surface area contributed by atoms with Crippen LogP contribution in [0.5, 0.6) is 0 Å². The standard InChI is InChI=1S/C19H33N3O4/c1-5-11(3)15(20)17(23)22-16(12(4)6-2)18(24)21-14-10-8-7-9-13(14)19(25)26/h8,10-16H,5-7,9,20H2,1-4H3,(H,21,24)(H,22,23)(H,25,26)/t11-,12-,13?,14?,15-,16-/m0/s1. The average molecular weight is 367 g/mol. The van der Waals surface area contributed by atoms with Crippen LogP contribution in [0.4, 0.5) is 0 Å². The molecule has 148 valence electrons. The van der Waals surface area contributed by atoms with E-state index in [1.807, 2.05) is 33.8 Å². The van der Waals surface area contributed by atoms with E-state index in [2.05, 4.69) is 10.6 Å². The number of carboxylic acid groups (broad SMARTS) is 1. The highest BCUT2D eigenvalue weighted by molar-refractivity contribution is 5.90. The Morgan fingerprint density at radius 1 is 1.15 bits per heavy atom.